The van der Waals surface area contributed by atoms with E-state index in [-0.39, 0.29) is 27.9 Å². The molecule has 0 atom stereocenters. The summed E-state index contributed by atoms with van der Waals surface area (Å²) in [5.41, 5.74) is 10.5. The van der Waals surface area contributed by atoms with Gasteiger partial charge in [-0.25, -0.2) is 9.78 Å². The quantitative estimate of drug-likeness (QED) is 0.204. The minimum absolute atomic E-state index is 0.0524. The van der Waals surface area contributed by atoms with E-state index >= 15 is 0 Å². The van der Waals surface area contributed by atoms with Crippen LogP contribution in [0, 0.1) is 30.6 Å². The average molecular weight is 634 g/mol. The number of aromatic carboxylic acids is 1. The highest BCUT2D eigenvalue weighted by Gasteiger charge is 2.69. The molecule has 1 aliphatic heterocycles. The third-order valence-corrected chi connectivity index (χ3v) is 10.3. The molecule has 2 amide bonds. The first-order chi connectivity index (χ1) is 22.0. The van der Waals surface area contributed by atoms with Crippen LogP contribution in [-0.4, -0.2) is 40.0 Å². The number of hydrogen-bond acceptors (Lipinski definition) is 8. The maximum absolute atomic E-state index is 14.2. The summed E-state index contributed by atoms with van der Waals surface area (Å²) < 4.78 is 6.13. The van der Waals surface area contributed by atoms with E-state index in [2.05, 4.69) is 21.7 Å². The average Bonchev–Trinajstić information content (AvgIpc) is 3.40. The summed E-state index contributed by atoms with van der Waals surface area (Å²) in [6.45, 7) is 4.59. The first-order valence-electron chi connectivity index (χ1n) is 15.0. The lowest BCUT2D eigenvalue weighted by Gasteiger charge is -2.66. The lowest BCUT2D eigenvalue weighted by molar-refractivity contribution is -0.102. The second kappa shape index (κ2) is 10.8. The predicted molar refractivity (Wildman–Crippen MR) is 173 cm³/mol. The summed E-state index contributed by atoms with van der Waals surface area (Å²) in [5, 5.41) is 27.6. The van der Waals surface area contributed by atoms with Crippen molar-refractivity contribution in [1.29, 1.82) is 5.26 Å². The summed E-state index contributed by atoms with van der Waals surface area (Å²) in [6.07, 6.45) is 2.44. The number of amides is 2. The Bertz CT molecular complexity index is 1980. The van der Waals surface area contributed by atoms with Crippen LogP contribution in [-0.2, 0) is 13.0 Å². The molecular weight excluding hydrogens is 602 g/mol. The highest BCUT2D eigenvalue weighted by atomic mass is 32.1. The third kappa shape index (κ3) is 4.81. The fourth-order valence-electron chi connectivity index (χ4n) is 7.19. The largest absolute Gasteiger partial charge is 0.493 e. The van der Waals surface area contributed by atoms with E-state index in [1.165, 1.54) is 12.1 Å². The van der Waals surface area contributed by atoms with Crippen LogP contribution in [0.2, 0.25) is 0 Å². The van der Waals surface area contributed by atoms with Gasteiger partial charge in [-0.15, -0.1) is 11.3 Å². The van der Waals surface area contributed by atoms with Crippen molar-refractivity contribution in [2.75, 3.05) is 11.9 Å². The number of thiophene rings is 1. The number of pyridine rings is 1. The molecule has 2 aromatic heterocycles. The molecule has 3 heterocycles. The monoisotopic (exact) mass is 633 g/mol. The normalized spacial score (nSPS) is 20.4. The number of aryl methyl sites for hydroxylation is 2. The Balaban J connectivity index is 1.31. The van der Waals surface area contributed by atoms with Gasteiger partial charge in [-0.2, -0.15) is 5.26 Å². The molecule has 4 aliphatic rings. The summed E-state index contributed by atoms with van der Waals surface area (Å²) in [7, 11) is 0. The van der Waals surface area contributed by atoms with Crippen molar-refractivity contribution < 1.29 is 24.2 Å². The number of aromatic nitrogens is 1. The lowest BCUT2D eigenvalue weighted by Crippen LogP contribution is -2.74. The molecule has 232 valence electrons. The van der Waals surface area contributed by atoms with Gasteiger partial charge in [0, 0.05) is 51.3 Å². The summed E-state index contributed by atoms with van der Waals surface area (Å²) >= 11 is 1.55. The molecule has 5 N–H and O–H groups in total. The molecule has 0 unspecified atom stereocenters. The van der Waals surface area contributed by atoms with E-state index in [4.69, 9.17) is 10.5 Å². The van der Waals surface area contributed by atoms with Crippen LogP contribution in [0.1, 0.15) is 72.9 Å². The van der Waals surface area contributed by atoms with Crippen LogP contribution >= 0.6 is 11.3 Å². The summed E-state index contributed by atoms with van der Waals surface area (Å²) in [6, 6.07) is 14.6. The molecule has 0 saturated heterocycles. The number of nitrogens with two attached hydrogens (primary N) is 1. The fraction of sp³-hybridized carbons (Fsp3) is 0.286. The number of ether oxygens (including phenoxy) is 1. The third-order valence-electron chi connectivity index (χ3n) is 9.32. The van der Waals surface area contributed by atoms with E-state index in [9.17, 15) is 24.8 Å². The number of rotatable bonds is 7. The van der Waals surface area contributed by atoms with Crippen molar-refractivity contribution >= 4 is 34.8 Å². The van der Waals surface area contributed by atoms with Crippen molar-refractivity contribution in [2.24, 2.45) is 11.1 Å². The Labute approximate surface area is 269 Å². The van der Waals surface area contributed by atoms with Gasteiger partial charge in [0.15, 0.2) is 5.69 Å². The molecule has 10 nitrogen and oxygen atoms in total. The molecular formula is C35H31N5O5S. The molecule has 4 aromatic rings. The maximum Gasteiger partial charge on any atom is 0.355 e. The first-order valence-corrected chi connectivity index (χ1v) is 15.9. The van der Waals surface area contributed by atoms with Gasteiger partial charge in [0.2, 0.25) is 0 Å². The number of nitriles is 1. The molecule has 2 bridgehead atoms. The van der Waals surface area contributed by atoms with E-state index in [0.717, 1.165) is 32.7 Å². The molecule has 3 fully saturated rings. The molecule has 8 rings (SSSR count). The van der Waals surface area contributed by atoms with E-state index in [1.54, 1.807) is 23.5 Å². The minimum atomic E-state index is -1.34. The second-order valence-electron chi connectivity index (χ2n) is 12.6. The van der Waals surface area contributed by atoms with Crippen LogP contribution in [0.3, 0.4) is 0 Å². The zero-order valence-corrected chi connectivity index (χ0v) is 26.1. The number of carbonyl (C=O) groups is 3. The number of carbonyl (C=O) groups excluding carboxylic acids is 2. The van der Waals surface area contributed by atoms with Crippen LogP contribution in [0.5, 0.6) is 5.75 Å². The lowest BCUT2D eigenvalue weighted by atomic mass is 9.40. The van der Waals surface area contributed by atoms with E-state index < -0.39 is 23.3 Å². The van der Waals surface area contributed by atoms with Crippen molar-refractivity contribution in [2.45, 2.75) is 51.6 Å². The number of nitrogens with zero attached hydrogens (tertiary/aromatic N) is 2. The number of carboxylic acids is 1. The van der Waals surface area contributed by atoms with Crippen molar-refractivity contribution in [3.8, 4) is 33.4 Å². The second-order valence-corrected chi connectivity index (χ2v) is 13.5. The zero-order chi connectivity index (χ0) is 32.4. The van der Waals surface area contributed by atoms with Crippen LogP contribution in [0.4, 0.5) is 5.69 Å². The van der Waals surface area contributed by atoms with Gasteiger partial charge in [0.05, 0.1) is 18.1 Å². The van der Waals surface area contributed by atoms with Gasteiger partial charge in [-0.05, 0) is 91.1 Å². The Morgan fingerprint density at radius 2 is 1.78 bits per heavy atom. The molecule has 11 heteroatoms. The van der Waals surface area contributed by atoms with E-state index in [0.29, 0.717) is 55.8 Å². The summed E-state index contributed by atoms with van der Waals surface area (Å²) in [5.74, 6) is -1.74. The maximum atomic E-state index is 14.2. The van der Waals surface area contributed by atoms with Gasteiger partial charge < -0.3 is 26.2 Å². The van der Waals surface area contributed by atoms with Crippen LogP contribution in [0.15, 0.2) is 47.8 Å². The zero-order valence-electron chi connectivity index (χ0n) is 25.3. The topological polar surface area (TPSA) is 167 Å². The molecule has 0 radical (unpaired) electrons. The van der Waals surface area contributed by atoms with Crippen molar-refractivity contribution in [3.05, 3.63) is 87.0 Å². The first kappa shape index (κ1) is 29.6. The van der Waals surface area contributed by atoms with E-state index in [1.807, 2.05) is 37.4 Å². The summed E-state index contributed by atoms with van der Waals surface area (Å²) in [4.78, 5) is 45.2. The SMILES string of the molecule is Cc1cc(CN)cc(C)c1NC(=O)c1cc2c(cc1-c1ccc(C(=O)NC34CC(C#N)(C3)C4)nc1C(=O)O)OCCc1ccsc1-2. The van der Waals surface area contributed by atoms with Gasteiger partial charge in [-0.1, -0.05) is 12.1 Å². The highest BCUT2D eigenvalue weighted by molar-refractivity contribution is 7.13. The Kier molecular flexibility index (Phi) is 6.95. The molecule has 46 heavy (non-hydrogen) atoms. The van der Waals surface area contributed by atoms with Crippen molar-refractivity contribution in [1.82, 2.24) is 10.3 Å². The van der Waals surface area contributed by atoms with Gasteiger partial charge in [0.1, 0.15) is 11.4 Å². The number of anilines is 1. The molecule has 2 aromatic carbocycles. The van der Waals surface area contributed by atoms with Crippen LogP contribution < -0.4 is 21.1 Å². The smallest absolute Gasteiger partial charge is 0.355 e. The molecule has 3 saturated carbocycles. The Hall–Kier alpha value is -5.05. The van der Waals surface area contributed by atoms with Gasteiger partial charge in [-0.3, -0.25) is 9.59 Å². The molecule has 0 spiro atoms. The highest BCUT2D eigenvalue weighted by Crippen LogP contribution is 2.66. The van der Waals surface area contributed by atoms with Crippen LogP contribution in [0.25, 0.3) is 21.6 Å². The number of benzene rings is 2. The van der Waals surface area contributed by atoms with Gasteiger partial charge in [0.25, 0.3) is 11.8 Å². The number of fused-ring (bicyclic) bond motifs is 3. The number of carboxylic acid groups (broad SMARTS) is 1. The van der Waals surface area contributed by atoms with Crippen molar-refractivity contribution in [3.63, 3.8) is 0 Å². The molecule has 3 aliphatic carbocycles. The minimum Gasteiger partial charge on any atom is -0.493 e. The number of nitrogens with one attached hydrogen (secondary N) is 2. The number of hydrogen-bond donors (Lipinski definition) is 4. The Morgan fingerprint density at radius 1 is 1.04 bits per heavy atom. The predicted octanol–water partition coefficient (Wildman–Crippen LogP) is 5.61. The fourth-order valence-corrected chi connectivity index (χ4v) is 8.16. The Morgan fingerprint density at radius 3 is 2.46 bits per heavy atom. The van der Waals surface area contributed by atoms with Gasteiger partial charge >= 0.3 is 5.97 Å². The standard InChI is InChI=1S/C35H31N5O5S/c1-18-9-20(13-36)10-19(2)28(18)39-31(41)24-11-25-27(45-7-5-21-6-8-46-30(21)25)12-23(24)22-3-4-26(38-29(22)33(43)44)32(42)40-35-14-34(15-35,16-35)17-37/h3-4,6,8-12H,5,7,13-16,36H2,1-2H3,(H,39,41)(H,40,42)(H,43,44).